The summed E-state index contributed by atoms with van der Waals surface area (Å²) in [4.78, 5) is 13.3. The van der Waals surface area contributed by atoms with Crippen LogP contribution in [0.4, 0.5) is 5.69 Å². The lowest BCUT2D eigenvalue weighted by Crippen LogP contribution is -2.31. The number of benzene rings is 2. The first-order valence-electron chi connectivity index (χ1n) is 10.7. The summed E-state index contributed by atoms with van der Waals surface area (Å²) in [6.45, 7) is 0.357. The van der Waals surface area contributed by atoms with Crippen LogP contribution in [-0.2, 0) is 28.8 Å². The summed E-state index contributed by atoms with van der Waals surface area (Å²) in [5, 5.41) is 32.8. The summed E-state index contributed by atoms with van der Waals surface area (Å²) in [5.41, 5.74) is 4.70. The van der Waals surface area contributed by atoms with Gasteiger partial charge in [0.1, 0.15) is 12.4 Å². The molecule has 3 rings (SSSR count). The molecule has 31 heavy (non-hydrogen) atoms. The monoisotopic (exact) mass is 428 g/mol. The predicted octanol–water partition coefficient (Wildman–Crippen LogP) is 2.03. The van der Waals surface area contributed by atoms with Gasteiger partial charge in [0, 0.05) is 32.9 Å². The van der Waals surface area contributed by atoms with Crippen molar-refractivity contribution in [2.75, 3.05) is 39.2 Å². The van der Waals surface area contributed by atoms with Crippen LogP contribution in [0.25, 0.3) is 0 Å². The maximum Gasteiger partial charge on any atom is 0.248 e. The van der Waals surface area contributed by atoms with E-state index in [1.165, 1.54) is 16.0 Å². The second kappa shape index (κ2) is 10.6. The molecule has 1 aliphatic rings. The molecule has 0 aliphatic heterocycles. The molecule has 7 nitrogen and oxygen atoms in total. The Morgan fingerprint density at radius 3 is 2.77 bits per heavy atom. The second-order valence-electron chi connectivity index (χ2n) is 8.21. The Kier molecular flexibility index (Phi) is 7.90. The van der Waals surface area contributed by atoms with E-state index in [1.807, 2.05) is 6.07 Å². The predicted molar refractivity (Wildman–Crippen MR) is 119 cm³/mol. The van der Waals surface area contributed by atoms with Crippen molar-refractivity contribution < 1.29 is 24.9 Å². The van der Waals surface area contributed by atoms with Crippen molar-refractivity contribution >= 4 is 11.6 Å². The molecule has 0 saturated heterocycles. The van der Waals surface area contributed by atoms with E-state index in [1.54, 1.807) is 32.3 Å². The van der Waals surface area contributed by atoms with Crippen LogP contribution in [0.15, 0.2) is 36.4 Å². The van der Waals surface area contributed by atoms with Crippen molar-refractivity contribution in [1.29, 1.82) is 0 Å². The molecule has 0 saturated carbocycles. The maximum atomic E-state index is 11.8. The van der Waals surface area contributed by atoms with Crippen LogP contribution in [0.5, 0.6) is 5.75 Å². The fraction of sp³-hybridized carbons (Fsp3) is 0.458. The average molecular weight is 429 g/mol. The molecule has 1 amide bonds. The summed E-state index contributed by atoms with van der Waals surface area (Å²) < 4.78 is 5.81. The molecular weight excluding hydrogens is 396 g/mol. The number of aromatic hydroxyl groups is 1. The Labute approximate surface area is 183 Å². The Bertz CT molecular complexity index is 900. The van der Waals surface area contributed by atoms with E-state index < -0.39 is 6.10 Å². The molecule has 2 aromatic rings. The van der Waals surface area contributed by atoms with Gasteiger partial charge in [-0.3, -0.25) is 4.79 Å². The third-order valence-electron chi connectivity index (χ3n) is 5.70. The number of phenols is 1. The van der Waals surface area contributed by atoms with Gasteiger partial charge in [-0.05, 0) is 72.2 Å². The smallest absolute Gasteiger partial charge is 0.248 e. The molecule has 0 radical (unpaired) electrons. The molecule has 0 spiro atoms. The highest BCUT2D eigenvalue weighted by Crippen LogP contribution is 2.27. The summed E-state index contributed by atoms with van der Waals surface area (Å²) in [7, 11) is 3.44. The standard InChI is InChI=1S/C24H32N2O5/c1-26(2)24(30)15-31-21-7-4-16-3-6-20(12-19(16)13-21)25-14-23(29)17-5-8-22(28)18(11-17)9-10-27/h3,5-6,8,11-12,21,23,25,27-29H,4,7,9-10,13-15H2,1-2H3/t21?,23-/m0/s1. The summed E-state index contributed by atoms with van der Waals surface area (Å²) in [6.07, 6.45) is 2.20. The van der Waals surface area contributed by atoms with Crippen molar-refractivity contribution in [2.24, 2.45) is 0 Å². The molecule has 0 fully saturated rings. The number of fused-ring (bicyclic) bond motifs is 1. The first kappa shape index (κ1) is 23.1. The molecule has 168 valence electrons. The number of amides is 1. The van der Waals surface area contributed by atoms with Crippen molar-refractivity contribution in [3.05, 3.63) is 58.7 Å². The van der Waals surface area contributed by atoms with E-state index in [2.05, 4.69) is 17.4 Å². The zero-order valence-corrected chi connectivity index (χ0v) is 18.2. The van der Waals surface area contributed by atoms with Crippen LogP contribution in [0.2, 0.25) is 0 Å². The molecule has 0 aromatic heterocycles. The lowest BCUT2D eigenvalue weighted by Gasteiger charge is -2.26. The molecule has 0 heterocycles. The van der Waals surface area contributed by atoms with Gasteiger partial charge in [0.05, 0.1) is 12.2 Å². The molecule has 4 N–H and O–H groups in total. The first-order chi connectivity index (χ1) is 14.9. The summed E-state index contributed by atoms with van der Waals surface area (Å²) in [6, 6.07) is 11.2. The van der Waals surface area contributed by atoms with Gasteiger partial charge in [-0.15, -0.1) is 0 Å². The number of carbonyl (C=O) groups excluding carboxylic acids is 1. The van der Waals surface area contributed by atoms with E-state index in [0.29, 0.717) is 24.1 Å². The van der Waals surface area contributed by atoms with E-state index in [0.717, 1.165) is 24.9 Å². The molecule has 1 unspecified atom stereocenters. The number of ether oxygens (including phenoxy) is 1. The fourth-order valence-corrected chi connectivity index (χ4v) is 3.76. The molecule has 7 heteroatoms. The number of carbonyl (C=O) groups is 1. The van der Waals surface area contributed by atoms with Gasteiger partial charge in [-0.2, -0.15) is 0 Å². The number of aliphatic hydroxyl groups excluding tert-OH is 2. The maximum absolute atomic E-state index is 11.8. The van der Waals surface area contributed by atoms with E-state index in [-0.39, 0.29) is 31.0 Å². The quantitative estimate of drug-likeness (QED) is 0.488. The van der Waals surface area contributed by atoms with Crippen molar-refractivity contribution in [3.63, 3.8) is 0 Å². The zero-order chi connectivity index (χ0) is 22.4. The SMILES string of the molecule is CN(C)C(=O)COC1CCc2ccc(NC[C@H](O)c3ccc(O)c(CCO)c3)cc2C1. The second-order valence-corrected chi connectivity index (χ2v) is 8.21. The lowest BCUT2D eigenvalue weighted by molar-refractivity contribution is -0.135. The number of aryl methyl sites for hydroxylation is 1. The third kappa shape index (κ3) is 6.19. The van der Waals surface area contributed by atoms with Crippen LogP contribution in [0.3, 0.4) is 0 Å². The van der Waals surface area contributed by atoms with Gasteiger partial charge in [0.25, 0.3) is 0 Å². The number of likely N-dealkylation sites (N-methyl/N-ethyl adjacent to an activating group) is 1. The number of nitrogens with zero attached hydrogens (tertiary/aromatic N) is 1. The van der Waals surface area contributed by atoms with Gasteiger partial charge in [-0.1, -0.05) is 12.1 Å². The Morgan fingerprint density at radius 1 is 1.23 bits per heavy atom. The minimum atomic E-state index is -0.748. The van der Waals surface area contributed by atoms with Gasteiger partial charge in [0.2, 0.25) is 5.91 Å². The minimum Gasteiger partial charge on any atom is -0.508 e. The van der Waals surface area contributed by atoms with Gasteiger partial charge >= 0.3 is 0 Å². The molecule has 2 aromatic carbocycles. The summed E-state index contributed by atoms with van der Waals surface area (Å²) >= 11 is 0. The highest BCUT2D eigenvalue weighted by molar-refractivity contribution is 5.76. The van der Waals surface area contributed by atoms with Crippen molar-refractivity contribution in [1.82, 2.24) is 4.90 Å². The summed E-state index contributed by atoms with van der Waals surface area (Å²) in [5.74, 6) is 0.0864. The Hall–Kier alpha value is -2.61. The van der Waals surface area contributed by atoms with E-state index in [4.69, 9.17) is 9.84 Å². The average Bonchev–Trinajstić information content (AvgIpc) is 2.76. The third-order valence-corrected chi connectivity index (χ3v) is 5.70. The van der Waals surface area contributed by atoms with E-state index in [9.17, 15) is 15.0 Å². The van der Waals surface area contributed by atoms with Crippen molar-refractivity contribution in [2.45, 2.75) is 37.9 Å². The molecule has 2 atom stereocenters. The van der Waals surface area contributed by atoms with Crippen LogP contribution in [0.1, 0.15) is 34.8 Å². The molecule has 1 aliphatic carbocycles. The number of aliphatic hydroxyl groups is 2. The van der Waals surface area contributed by atoms with Gasteiger partial charge in [0.15, 0.2) is 0 Å². The lowest BCUT2D eigenvalue weighted by atomic mass is 9.89. The fourth-order valence-electron chi connectivity index (χ4n) is 3.76. The Balaban J connectivity index is 1.58. The topological polar surface area (TPSA) is 102 Å². The highest BCUT2D eigenvalue weighted by Gasteiger charge is 2.21. The van der Waals surface area contributed by atoms with Gasteiger partial charge < -0.3 is 30.3 Å². The minimum absolute atomic E-state index is 0.0270. The first-order valence-corrected chi connectivity index (χ1v) is 10.7. The number of hydrogen-bond acceptors (Lipinski definition) is 6. The number of hydrogen-bond donors (Lipinski definition) is 4. The highest BCUT2D eigenvalue weighted by atomic mass is 16.5. The number of anilines is 1. The zero-order valence-electron chi connectivity index (χ0n) is 18.2. The largest absolute Gasteiger partial charge is 0.508 e. The molecular formula is C24H32N2O5. The van der Waals surface area contributed by atoms with Gasteiger partial charge in [-0.25, -0.2) is 0 Å². The Morgan fingerprint density at radius 2 is 2.03 bits per heavy atom. The van der Waals surface area contributed by atoms with Crippen LogP contribution >= 0.6 is 0 Å². The number of rotatable bonds is 9. The van der Waals surface area contributed by atoms with Crippen molar-refractivity contribution in [3.8, 4) is 5.75 Å². The van der Waals surface area contributed by atoms with Crippen LogP contribution in [-0.4, -0.2) is 66.1 Å². The van der Waals surface area contributed by atoms with E-state index >= 15 is 0 Å². The number of phenolic OH excluding ortho intramolecular Hbond substituents is 1. The molecule has 0 bridgehead atoms. The van der Waals surface area contributed by atoms with Crippen LogP contribution < -0.4 is 5.32 Å². The number of nitrogens with one attached hydrogen (secondary N) is 1. The van der Waals surface area contributed by atoms with Crippen LogP contribution in [0, 0.1) is 0 Å². The normalized spacial score (nSPS) is 16.5.